The molecular weight excluding hydrogens is 320 g/mol. The summed E-state index contributed by atoms with van der Waals surface area (Å²) in [7, 11) is 0. The molecule has 0 spiro atoms. The maximum atomic E-state index is 12.4. The van der Waals surface area contributed by atoms with Crippen LogP contribution in [0.15, 0.2) is 57.0 Å². The molecule has 6 heteroatoms. The number of hydrogen-bond acceptors (Lipinski definition) is 4. The Morgan fingerprint density at radius 1 is 1.36 bits per heavy atom. The van der Waals surface area contributed by atoms with Crippen LogP contribution in [0.25, 0.3) is 6.08 Å². The summed E-state index contributed by atoms with van der Waals surface area (Å²) in [5, 5.41) is 1.26. The number of carbonyl (C=O) groups excluding carboxylic acids is 1. The van der Waals surface area contributed by atoms with Crippen LogP contribution in [0.1, 0.15) is 12.7 Å². The fourth-order valence-corrected chi connectivity index (χ4v) is 3.26. The monoisotopic (exact) mass is 332 g/mol. The first kappa shape index (κ1) is 14.9. The molecule has 0 radical (unpaired) electrons. The number of rotatable bonds is 3. The van der Waals surface area contributed by atoms with Crippen molar-refractivity contribution in [3.05, 3.63) is 58.3 Å². The Bertz CT molecular complexity index is 753. The van der Waals surface area contributed by atoms with Crippen molar-refractivity contribution in [2.24, 2.45) is 4.99 Å². The zero-order chi connectivity index (χ0) is 15.5. The van der Waals surface area contributed by atoms with E-state index in [-0.39, 0.29) is 5.91 Å². The second kappa shape index (κ2) is 6.42. The molecule has 0 bridgehead atoms. The summed E-state index contributed by atoms with van der Waals surface area (Å²) in [5.74, 6) is 0.584. The number of furan rings is 1. The number of halogens is 1. The van der Waals surface area contributed by atoms with Crippen molar-refractivity contribution in [1.82, 2.24) is 4.90 Å². The molecule has 1 aliphatic rings. The van der Waals surface area contributed by atoms with Gasteiger partial charge in [0.25, 0.3) is 5.91 Å². The predicted octanol–water partition coefficient (Wildman–Crippen LogP) is 4.56. The standard InChI is InChI=1S/C16H13ClN2O2S/c1-2-19-15(20)14(10-13-7-4-8-21-13)22-16(19)18-12-6-3-5-11(17)9-12/h3-10H,2H2,1H3/b14-10+,18-16?. The molecule has 1 aliphatic heterocycles. The third kappa shape index (κ3) is 3.10. The Morgan fingerprint density at radius 3 is 2.91 bits per heavy atom. The lowest BCUT2D eigenvalue weighted by Crippen LogP contribution is -2.28. The maximum Gasteiger partial charge on any atom is 0.266 e. The van der Waals surface area contributed by atoms with Gasteiger partial charge in [0.15, 0.2) is 5.17 Å². The largest absolute Gasteiger partial charge is 0.465 e. The molecule has 0 unspecified atom stereocenters. The molecule has 1 aromatic heterocycles. The lowest BCUT2D eigenvalue weighted by molar-refractivity contribution is -0.122. The number of hydrogen-bond donors (Lipinski definition) is 0. The van der Waals surface area contributed by atoms with Gasteiger partial charge in [-0.1, -0.05) is 17.7 Å². The van der Waals surface area contributed by atoms with E-state index in [2.05, 4.69) is 4.99 Å². The summed E-state index contributed by atoms with van der Waals surface area (Å²) in [6.45, 7) is 2.47. The van der Waals surface area contributed by atoms with E-state index >= 15 is 0 Å². The molecule has 22 heavy (non-hydrogen) atoms. The van der Waals surface area contributed by atoms with Gasteiger partial charge in [-0.05, 0) is 49.0 Å². The van der Waals surface area contributed by atoms with Gasteiger partial charge in [-0.25, -0.2) is 4.99 Å². The molecule has 0 N–H and O–H groups in total. The van der Waals surface area contributed by atoms with Crippen molar-refractivity contribution in [2.75, 3.05) is 6.54 Å². The van der Waals surface area contributed by atoms with Crippen LogP contribution in [0, 0.1) is 0 Å². The minimum Gasteiger partial charge on any atom is -0.465 e. The van der Waals surface area contributed by atoms with Crippen LogP contribution in [0.4, 0.5) is 5.69 Å². The van der Waals surface area contributed by atoms with Crippen LogP contribution in [-0.4, -0.2) is 22.5 Å². The van der Waals surface area contributed by atoms with Crippen molar-refractivity contribution in [3.63, 3.8) is 0 Å². The van der Waals surface area contributed by atoms with Gasteiger partial charge < -0.3 is 4.42 Å². The molecule has 1 fully saturated rings. The van der Waals surface area contributed by atoms with Gasteiger partial charge in [0, 0.05) is 17.6 Å². The van der Waals surface area contributed by atoms with E-state index in [9.17, 15) is 4.79 Å². The van der Waals surface area contributed by atoms with Gasteiger partial charge in [-0.3, -0.25) is 9.69 Å². The fourth-order valence-electron chi connectivity index (χ4n) is 2.03. The number of likely N-dealkylation sites (N-methyl/N-ethyl adjacent to an activating group) is 1. The average Bonchev–Trinajstić information content (AvgIpc) is 3.09. The lowest BCUT2D eigenvalue weighted by Gasteiger charge is -2.11. The summed E-state index contributed by atoms with van der Waals surface area (Å²) < 4.78 is 5.26. The smallest absolute Gasteiger partial charge is 0.266 e. The Morgan fingerprint density at radius 2 is 2.23 bits per heavy atom. The highest BCUT2D eigenvalue weighted by atomic mass is 35.5. The van der Waals surface area contributed by atoms with Crippen LogP contribution in [0.3, 0.4) is 0 Å². The highest BCUT2D eigenvalue weighted by Gasteiger charge is 2.32. The maximum absolute atomic E-state index is 12.4. The molecule has 4 nitrogen and oxygen atoms in total. The van der Waals surface area contributed by atoms with Crippen LogP contribution >= 0.6 is 23.4 Å². The Hall–Kier alpha value is -1.98. The number of aliphatic imine (C=N–C) groups is 1. The summed E-state index contributed by atoms with van der Waals surface area (Å²) in [6, 6.07) is 10.8. The third-order valence-electron chi connectivity index (χ3n) is 3.05. The highest BCUT2D eigenvalue weighted by molar-refractivity contribution is 8.18. The normalized spacial score (nSPS) is 18.6. The SMILES string of the molecule is CCN1C(=O)/C(=C\c2ccco2)SC1=Nc1cccc(Cl)c1. The number of thioether (sulfide) groups is 1. The molecule has 0 atom stereocenters. The first-order valence-corrected chi connectivity index (χ1v) is 7.96. The van der Waals surface area contributed by atoms with Crippen molar-refractivity contribution < 1.29 is 9.21 Å². The molecular formula is C16H13ClN2O2S. The zero-order valence-corrected chi connectivity index (χ0v) is 13.4. The molecule has 1 amide bonds. The fraction of sp³-hybridized carbons (Fsp3) is 0.125. The Kier molecular flexibility index (Phi) is 4.36. The Labute approximate surface area is 137 Å². The minimum atomic E-state index is -0.0651. The lowest BCUT2D eigenvalue weighted by atomic mass is 10.3. The zero-order valence-electron chi connectivity index (χ0n) is 11.8. The van der Waals surface area contributed by atoms with E-state index in [1.54, 1.807) is 35.4 Å². The second-order valence-electron chi connectivity index (χ2n) is 4.55. The predicted molar refractivity (Wildman–Crippen MR) is 90.2 cm³/mol. The molecule has 112 valence electrons. The number of amidine groups is 1. The number of nitrogens with zero attached hydrogens (tertiary/aromatic N) is 2. The molecule has 2 heterocycles. The average molecular weight is 333 g/mol. The van der Waals surface area contributed by atoms with Gasteiger partial charge >= 0.3 is 0 Å². The van der Waals surface area contributed by atoms with E-state index in [1.807, 2.05) is 25.1 Å². The summed E-state index contributed by atoms with van der Waals surface area (Å²) >= 11 is 7.31. The van der Waals surface area contributed by atoms with Crippen LogP contribution in [-0.2, 0) is 4.79 Å². The van der Waals surface area contributed by atoms with Crippen molar-refractivity contribution in [2.45, 2.75) is 6.92 Å². The van der Waals surface area contributed by atoms with Gasteiger partial charge in [0.1, 0.15) is 5.76 Å². The second-order valence-corrected chi connectivity index (χ2v) is 6.00. The van der Waals surface area contributed by atoms with Crippen LogP contribution < -0.4 is 0 Å². The molecule has 0 saturated carbocycles. The quantitative estimate of drug-likeness (QED) is 0.774. The van der Waals surface area contributed by atoms with Crippen molar-refractivity contribution in [1.29, 1.82) is 0 Å². The van der Waals surface area contributed by atoms with E-state index in [4.69, 9.17) is 16.0 Å². The van der Waals surface area contributed by atoms with E-state index < -0.39 is 0 Å². The number of benzene rings is 1. The molecule has 1 aromatic carbocycles. The Balaban J connectivity index is 1.93. The number of amides is 1. The van der Waals surface area contributed by atoms with Gasteiger partial charge in [0.05, 0.1) is 16.9 Å². The van der Waals surface area contributed by atoms with Crippen molar-refractivity contribution >= 4 is 46.2 Å². The van der Waals surface area contributed by atoms with Gasteiger partial charge in [-0.2, -0.15) is 0 Å². The highest BCUT2D eigenvalue weighted by Crippen LogP contribution is 2.34. The first-order valence-electron chi connectivity index (χ1n) is 6.76. The number of carbonyl (C=O) groups is 1. The van der Waals surface area contributed by atoms with Gasteiger partial charge in [-0.15, -0.1) is 0 Å². The van der Waals surface area contributed by atoms with Gasteiger partial charge in [0.2, 0.25) is 0 Å². The van der Waals surface area contributed by atoms with Crippen LogP contribution in [0.2, 0.25) is 5.02 Å². The minimum absolute atomic E-state index is 0.0651. The summed E-state index contributed by atoms with van der Waals surface area (Å²) in [6.07, 6.45) is 3.31. The van der Waals surface area contributed by atoms with Crippen LogP contribution in [0.5, 0.6) is 0 Å². The summed E-state index contributed by atoms with van der Waals surface area (Å²) in [5.41, 5.74) is 0.723. The summed E-state index contributed by atoms with van der Waals surface area (Å²) in [4.78, 5) is 19.2. The molecule has 2 aromatic rings. The topological polar surface area (TPSA) is 45.8 Å². The molecule has 0 aliphatic carbocycles. The first-order chi connectivity index (χ1) is 10.7. The molecule has 3 rings (SSSR count). The van der Waals surface area contributed by atoms with E-state index in [0.717, 1.165) is 5.69 Å². The third-order valence-corrected chi connectivity index (χ3v) is 4.30. The molecule has 1 saturated heterocycles. The van der Waals surface area contributed by atoms with Crippen molar-refractivity contribution in [3.8, 4) is 0 Å². The van der Waals surface area contributed by atoms with E-state index in [1.165, 1.54) is 11.8 Å². The van der Waals surface area contributed by atoms with E-state index in [0.29, 0.717) is 27.4 Å².